The molecule has 0 bridgehead atoms. The zero-order chi connectivity index (χ0) is 14.7. The van der Waals surface area contributed by atoms with Gasteiger partial charge in [-0.3, -0.25) is 0 Å². The zero-order valence-corrected chi connectivity index (χ0v) is 12.2. The van der Waals surface area contributed by atoms with Crippen molar-refractivity contribution >= 4 is 18.0 Å². The first kappa shape index (κ1) is 13.6. The predicted molar refractivity (Wildman–Crippen MR) is 85.3 cm³/mol. The molecule has 1 fully saturated rings. The van der Waals surface area contributed by atoms with Crippen molar-refractivity contribution in [3.05, 3.63) is 47.4 Å². The van der Waals surface area contributed by atoms with Crippen molar-refractivity contribution in [2.45, 2.75) is 19.8 Å². The molecular weight excluding hydrogens is 262 g/mol. The molecule has 21 heavy (non-hydrogen) atoms. The minimum Gasteiger partial charge on any atom is -0.508 e. The highest BCUT2D eigenvalue weighted by atomic mass is 16.3. The third kappa shape index (κ3) is 3.40. The van der Waals surface area contributed by atoms with Gasteiger partial charge in [-0.2, -0.15) is 0 Å². The van der Waals surface area contributed by atoms with Crippen molar-refractivity contribution in [3.63, 3.8) is 0 Å². The Morgan fingerprint density at radius 3 is 2.67 bits per heavy atom. The van der Waals surface area contributed by atoms with Gasteiger partial charge in [0.15, 0.2) is 5.82 Å². The van der Waals surface area contributed by atoms with Gasteiger partial charge in [0.1, 0.15) is 11.6 Å². The normalized spacial score (nSPS) is 15.0. The van der Waals surface area contributed by atoms with Crippen molar-refractivity contribution in [1.29, 1.82) is 0 Å². The van der Waals surface area contributed by atoms with Crippen LogP contribution in [0.3, 0.4) is 0 Å². The molecule has 4 heteroatoms. The predicted octanol–water partition coefficient (Wildman–Crippen LogP) is 3.26. The Morgan fingerprint density at radius 2 is 1.90 bits per heavy atom. The SMILES string of the molecule is Cc1cc(N2CCCC2)nc(/C=C/c2cccc(O)c2)n1. The lowest BCUT2D eigenvalue weighted by atomic mass is 10.2. The van der Waals surface area contributed by atoms with Crippen LogP contribution in [0.1, 0.15) is 29.9 Å². The Bertz CT molecular complexity index is 661. The molecule has 1 aromatic heterocycles. The quantitative estimate of drug-likeness (QED) is 0.938. The summed E-state index contributed by atoms with van der Waals surface area (Å²) >= 11 is 0. The number of benzene rings is 1. The average molecular weight is 281 g/mol. The summed E-state index contributed by atoms with van der Waals surface area (Å²) in [5.74, 6) is 1.98. The van der Waals surface area contributed by atoms with Gasteiger partial charge in [0, 0.05) is 24.8 Å². The molecule has 2 aromatic rings. The number of anilines is 1. The van der Waals surface area contributed by atoms with E-state index in [0.29, 0.717) is 5.82 Å². The maximum atomic E-state index is 9.47. The summed E-state index contributed by atoms with van der Waals surface area (Å²) in [4.78, 5) is 11.4. The molecule has 4 nitrogen and oxygen atoms in total. The van der Waals surface area contributed by atoms with Crippen LogP contribution >= 0.6 is 0 Å². The molecule has 0 atom stereocenters. The molecule has 108 valence electrons. The first-order chi connectivity index (χ1) is 10.2. The van der Waals surface area contributed by atoms with Crippen LogP contribution in [0, 0.1) is 6.92 Å². The van der Waals surface area contributed by atoms with E-state index in [9.17, 15) is 5.11 Å². The summed E-state index contributed by atoms with van der Waals surface area (Å²) in [5, 5.41) is 9.47. The van der Waals surface area contributed by atoms with Crippen LogP contribution < -0.4 is 4.90 Å². The van der Waals surface area contributed by atoms with Crippen LogP contribution in [0.2, 0.25) is 0 Å². The van der Waals surface area contributed by atoms with E-state index in [2.05, 4.69) is 14.9 Å². The molecule has 1 aromatic carbocycles. The van der Waals surface area contributed by atoms with Crippen LogP contribution in [-0.2, 0) is 0 Å². The Hall–Kier alpha value is -2.36. The van der Waals surface area contributed by atoms with Crippen LogP contribution in [0.5, 0.6) is 5.75 Å². The molecule has 0 amide bonds. The smallest absolute Gasteiger partial charge is 0.154 e. The Labute approximate surface area is 124 Å². The highest BCUT2D eigenvalue weighted by molar-refractivity contribution is 5.67. The first-order valence-electron chi connectivity index (χ1n) is 7.28. The summed E-state index contributed by atoms with van der Waals surface area (Å²) in [5.41, 5.74) is 1.91. The van der Waals surface area contributed by atoms with Crippen LogP contribution in [-0.4, -0.2) is 28.2 Å². The summed E-state index contributed by atoms with van der Waals surface area (Å²) in [7, 11) is 0. The zero-order valence-electron chi connectivity index (χ0n) is 12.2. The van der Waals surface area contributed by atoms with Crippen LogP contribution in [0.15, 0.2) is 30.3 Å². The Kier molecular flexibility index (Phi) is 3.86. The van der Waals surface area contributed by atoms with E-state index < -0.39 is 0 Å². The second kappa shape index (κ2) is 5.95. The number of phenolic OH excluding ortho intramolecular Hbond substituents is 1. The second-order valence-electron chi connectivity index (χ2n) is 5.35. The van der Waals surface area contributed by atoms with E-state index >= 15 is 0 Å². The lowest BCUT2D eigenvalue weighted by molar-refractivity contribution is 0.475. The highest BCUT2D eigenvalue weighted by Crippen LogP contribution is 2.19. The Morgan fingerprint density at radius 1 is 1.10 bits per heavy atom. The lowest BCUT2D eigenvalue weighted by Crippen LogP contribution is -2.19. The molecule has 0 aliphatic carbocycles. The van der Waals surface area contributed by atoms with E-state index in [0.717, 1.165) is 30.2 Å². The molecular formula is C17H19N3O. The molecule has 0 spiro atoms. The van der Waals surface area contributed by atoms with Gasteiger partial charge in [-0.05, 0) is 43.5 Å². The summed E-state index contributed by atoms with van der Waals surface area (Å²) in [6, 6.07) is 9.17. The number of hydrogen-bond donors (Lipinski definition) is 1. The standard InChI is InChI=1S/C17H19N3O/c1-13-11-17(20-9-2-3-10-20)19-16(18-13)8-7-14-5-4-6-15(21)12-14/h4-8,11-12,21H,2-3,9-10H2,1H3/b8-7+. The van der Waals surface area contributed by atoms with Gasteiger partial charge in [0.25, 0.3) is 0 Å². The van der Waals surface area contributed by atoms with Crippen LogP contribution in [0.4, 0.5) is 5.82 Å². The van der Waals surface area contributed by atoms with Crippen molar-refractivity contribution in [1.82, 2.24) is 9.97 Å². The number of aromatic nitrogens is 2. The van der Waals surface area contributed by atoms with E-state index in [1.54, 1.807) is 12.1 Å². The highest BCUT2D eigenvalue weighted by Gasteiger charge is 2.14. The molecule has 2 heterocycles. The van der Waals surface area contributed by atoms with Crippen LogP contribution in [0.25, 0.3) is 12.2 Å². The first-order valence-corrected chi connectivity index (χ1v) is 7.28. The van der Waals surface area contributed by atoms with Gasteiger partial charge in [0.05, 0.1) is 0 Å². The molecule has 0 radical (unpaired) electrons. The summed E-state index contributed by atoms with van der Waals surface area (Å²) < 4.78 is 0. The van der Waals surface area contributed by atoms with Gasteiger partial charge >= 0.3 is 0 Å². The number of phenols is 1. The maximum absolute atomic E-state index is 9.47. The van der Waals surface area contributed by atoms with E-state index in [1.807, 2.05) is 37.3 Å². The largest absolute Gasteiger partial charge is 0.508 e. The number of aryl methyl sites for hydroxylation is 1. The lowest BCUT2D eigenvalue weighted by Gasteiger charge is -2.16. The van der Waals surface area contributed by atoms with Crippen molar-refractivity contribution < 1.29 is 5.11 Å². The van der Waals surface area contributed by atoms with Gasteiger partial charge in [0.2, 0.25) is 0 Å². The number of nitrogens with zero attached hydrogens (tertiary/aromatic N) is 3. The summed E-state index contributed by atoms with van der Waals surface area (Å²) in [6.45, 7) is 4.14. The fourth-order valence-electron chi connectivity index (χ4n) is 2.56. The molecule has 3 rings (SSSR count). The van der Waals surface area contributed by atoms with E-state index in [1.165, 1.54) is 12.8 Å². The number of hydrogen-bond acceptors (Lipinski definition) is 4. The molecule has 0 unspecified atom stereocenters. The van der Waals surface area contributed by atoms with Crippen molar-refractivity contribution in [3.8, 4) is 5.75 Å². The topological polar surface area (TPSA) is 49.2 Å². The van der Waals surface area contributed by atoms with Gasteiger partial charge < -0.3 is 10.0 Å². The number of aromatic hydroxyl groups is 1. The second-order valence-corrected chi connectivity index (χ2v) is 5.35. The molecule has 1 N–H and O–H groups in total. The average Bonchev–Trinajstić information content (AvgIpc) is 2.99. The molecule has 1 aliphatic rings. The molecule has 1 saturated heterocycles. The van der Waals surface area contributed by atoms with Crippen molar-refractivity contribution in [2.24, 2.45) is 0 Å². The fourth-order valence-corrected chi connectivity index (χ4v) is 2.56. The van der Waals surface area contributed by atoms with Gasteiger partial charge in [-0.25, -0.2) is 9.97 Å². The molecule has 0 saturated carbocycles. The maximum Gasteiger partial charge on any atom is 0.154 e. The monoisotopic (exact) mass is 281 g/mol. The Balaban J connectivity index is 1.84. The van der Waals surface area contributed by atoms with Gasteiger partial charge in [-0.15, -0.1) is 0 Å². The van der Waals surface area contributed by atoms with Gasteiger partial charge in [-0.1, -0.05) is 18.2 Å². The minimum atomic E-state index is 0.264. The van der Waals surface area contributed by atoms with Crippen molar-refractivity contribution in [2.75, 3.05) is 18.0 Å². The third-order valence-electron chi connectivity index (χ3n) is 3.58. The fraction of sp³-hybridized carbons (Fsp3) is 0.294. The summed E-state index contributed by atoms with van der Waals surface area (Å²) in [6.07, 6.45) is 6.28. The minimum absolute atomic E-state index is 0.264. The van der Waals surface area contributed by atoms with E-state index in [4.69, 9.17) is 0 Å². The third-order valence-corrected chi connectivity index (χ3v) is 3.58. The number of rotatable bonds is 3. The van der Waals surface area contributed by atoms with E-state index in [-0.39, 0.29) is 5.75 Å². The molecule has 1 aliphatic heterocycles.